The Balaban J connectivity index is 1.56. The van der Waals surface area contributed by atoms with Crippen molar-refractivity contribution in [3.8, 4) is 17.2 Å². The molecule has 7 nitrogen and oxygen atoms in total. The van der Waals surface area contributed by atoms with Crippen LogP contribution in [0.25, 0.3) is 5.69 Å². The van der Waals surface area contributed by atoms with Crippen LogP contribution in [0.5, 0.6) is 11.5 Å². The quantitative estimate of drug-likeness (QED) is 0.379. The van der Waals surface area contributed by atoms with Crippen LogP contribution in [0.1, 0.15) is 22.5 Å². The van der Waals surface area contributed by atoms with Crippen LogP contribution in [0.4, 0.5) is 24.7 Å². The van der Waals surface area contributed by atoms with Crippen molar-refractivity contribution in [2.75, 3.05) is 11.1 Å². The lowest BCUT2D eigenvalue weighted by atomic mass is 10.2. The second-order valence-corrected chi connectivity index (χ2v) is 7.08. The topological polar surface area (TPSA) is 95.1 Å². The van der Waals surface area contributed by atoms with Gasteiger partial charge in [0.25, 0.3) is 12.3 Å². The van der Waals surface area contributed by atoms with Crippen molar-refractivity contribution in [3.05, 3.63) is 89.1 Å². The Labute approximate surface area is 190 Å². The van der Waals surface area contributed by atoms with Crippen LogP contribution >= 0.6 is 11.6 Å². The van der Waals surface area contributed by atoms with Gasteiger partial charge >= 0.3 is 0 Å². The number of halogens is 4. The fourth-order valence-electron chi connectivity index (χ4n) is 3.02. The molecule has 0 saturated heterocycles. The number of nitrogens with zero attached hydrogens (tertiary/aromatic N) is 3. The normalized spacial score (nSPS) is 10.9. The third-order valence-corrected chi connectivity index (χ3v) is 4.93. The SMILES string of the molecule is Nc1nccc(Oc2ccc(NC(=O)c3cnn(-c4ccccc4)c3C(F)F)cc2F)c1Cl. The maximum atomic E-state index is 14.6. The molecule has 2 aromatic heterocycles. The number of nitrogens with one attached hydrogen (secondary N) is 1. The summed E-state index contributed by atoms with van der Waals surface area (Å²) in [5, 5.41) is 6.33. The van der Waals surface area contributed by atoms with E-state index in [-0.39, 0.29) is 33.6 Å². The second kappa shape index (κ2) is 9.21. The number of benzene rings is 2. The number of anilines is 2. The predicted octanol–water partition coefficient (Wildman–Crippen LogP) is 5.62. The second-order valence-electron chi connectivity index (χ2n) is 6.70. The number of amides is 1. The van der Waals surface area contributed by atoms with Gasteiger partial charge in [0.05, 0.1) is 17.4 Å². The summed E-state index contributed by atoms with van der Waals surface area (Å²) in [4.78, 5) is 16.4. The Morgan fingerprint density at radius 2 is 1.88 bits per heavy atom. The summed E-state index contributed by atoms with van der Waals surface area (Å²) in [7, 11) is 0. The lowest BCUT2D eigenvalue weighted by molar-refractivity contribution is 0.100. The number of pyridine rings is 1. The van der Waals surface area contributed by atoms with Gasteiger partial charge in [-0.05, 0) is 24.3 Å². The minimum atomic E-state index is -2.97. The Morgan fingerprint density at radius 1 is 1.12 bits per heavy atom. The van der Waals surface area contributed by atoms with E-state index in [1.165, 1.54) is 24.4 Å². The van der Waals surface area contributed by atoms with E-state index < -0.39 is 23.8 Å². The standard InChI is InChI=1S/C22H15ClF3N5O2/c23-18-17(8-9-28-21(18)27)33-16-7-6-12(10-15(16)24)30-22(32)14-11-29-31(19(14)20(25)26)13-4-2-1-3-5-13/h1-11,20H,(H2,27,28)(H,30,32). The summed E-state index contributed by atoms with van der Waals surface area (Å²) < 4.78 is 48.5. The van der Waals surface area contributed by atoms with Crippen molar-refractivity contribution in [2.45, 2.75) is 6.43 Å². The van der Waals surface area contributed by atoms with E-state index in [4.69, 9.17) is 22.1 Å². The Hall–Kier alpha value is -4.05. The molecule has 4 rings (SSSR count). The minimum absolute atomic E-state index is 0.0178. The number of para-hydroxylation sites is 1. The summed E-state index contributed by atoms with van der Waals surface area (Å²) in [6, 6.07) is 13.2. The van der Waals surface area contributed by atoms with Crippen molar-refractivity contribution < 1.29 is 22.7 Å². The van der Waals surface area contributed by atoms with Crippen LogP contribution in [0.2, 0.25) is 5.02 Å². The number of carbonyl (C=O) groups excluding carboxylic acids is 1. The molecule has 1 amide bonds. The first kappa shape index (κ1) is 22.2. The molecule has 11 heteroatoms. The lowest BCUT2D eigenvalue weighted by Crippen LogP contribution is -2.15. The molecule has 0 aliphatic carbocycles. The number of hydrogen-bond donors (Lipinski definition) is 2. The lowest BCUT2D eigenvalue weighted by Gasteiger charge is -2.11. The Morgan fingerprint density at radius 3 is 2.58 bits per heavy atom. The zero-order valence-electron chi connectivity index (χ0n) is 16.7. The van der Waals surface area contributed by atoms with Gasteiger partial charge in [-0.3, -0.25) is 4.79 Å². The summed E-state index contributed by atoms with van der Waals surface area (Å²) in [6.07, 6.45) is -0.592. The van der Waals surface area contributed by atoms with E-state index in [1.54, 1.807) is 30.3 Å². The number of carbonyl (C=O) groups is 1. The fraction of sp³-hybridized carbons (Fsp3) is 0.0455. The molecule has 0 atom stereocenters. The number of hydrogen-bond acceptors (Lipinski definition) is 5. The van der Waals surface area contributed by atoms with Gasteiger partial charge in [-0.2, -0.15) is 5.10 Å². The first-order chi connectivity index (χ1) is 15.8. The molecule has 0 unspecified atom stereocenters. The highest BCUT2D eigenvalue weighted by molar-refractivity contribution is 6.34. The van der Waals surface area contributed by atoms with Gasteiger partial charge in [-0.1, -0.05) is 29.8 Å². The molecule has 0 radical (unpaired) electrons. The van der Waals surface area contributed by atoms with Crippen LogP contribution in [0, 0.1) is 5.82 Å². The van der Waals surface area contributed by atoms with Gasteiger partial charge in [0.1, 0.15) is 16.5 Å². The van der Waals surface area contributed by atoms with Gasteiger partial charge < -0.3 is 15.8 Å². The highest BCUT2D eigenvalue weighted by Gasteiger charge is 2.25. The number of nitrogens with two attached hydrogens (primary N) is 1. The third-order valence-electron chi connectivity index (χ3n) is 4.55. The molecule has 4 aromatic rings. The molecule has 2 heterocycles. The van der Waals surface area contributed by atoms with Crippen LogP contribution in [-0.4, -0.2) is 20.7 Å². The fourth-order valence-corrected chi connectivity index (χ4v) is 3.17. The maximum Gasteiger partial charge on any atom is 0.281 e. The zero-order chi connectivity index (χ0) is 23.5. The number of ether oxygens (including phenoxy) is 1. The van der Waals surface area contributed by atoms with Crippen LogP contribution in [0.15, 0.2) is 67.0 Å². The molecular formula is C22H15ClF3N5O2. The highest BCUT2D eigenvalue weighted by Crippen LogP contribution is 2.34. The zero-order valence-corrected chi connectivity index (χ0v) is 17.4. The van der Waals surface area contributed by atoms with Crippen LogP contribution in [-0.2, 0) is 0 Å². The summed E-state index contributed by atoms with van der Waals surface area (Å²) in [5.74, 6) is -1.77. The molecule has 168 valence electrons. The van der Waals surface area contributed by atoms with Gasteiger partial charge in [0.2, 0.25) is 0 Å². The third kappa shape index (κ3) is 4.60. The van der Waals surface area contributed by atoms with Gasteiger partial charge in [-0.15, -0.1) is 0 Å². The predicted molar refractivity (Wildman–Crippen MR) is 117 cm³/mol. The molecule has 0 bridgehead atoms. The largest absolute Gasteiger partial charge is 0.453 e. The van der Waals surface area contributed by atoms with Gasteiger partial charge in [0, 0.05) is 24.0 Å². The van der Waals surface area contributed by atoms with E-state index in [0.717, 1.165) is 16.9 Å². The highest BCUT2D eigenvalue weighted by atomic mass is 35.5. The molecule has 0 spiro atoms. The van der Waals surface area contributed by atoms with E-state index in [0.29, 0.717) is 5.69 Å². The Bertz CT molecular complexity index is 1310. The molecule has 3 N–H and O–H groups in total. The van der Waals surface area contributed by atoms with Gasteiger partial charge in [0.15, 0.2) is 17.3 Å². The molecule has 0 aliphatic rings. The van der Waals surface area contributed by atoms with Crippen LogP contribution < -0.4 is 15.8 Å². The average molecular weight is 474 g/mol. The molecule has 0 aliphatic heterocycles. The average Bonchev–Trinajstić information content (AvgIpc) is 3.25. The number of aromatic nitrogens is 3. The molecule has 2 aromatic carbocycles. The van der Waals surface area contributed by atoms with Crippen molar-refractivity contribution in [2.24, 2.45) is 0 Å². The monoisotopic (exact) mass is 473 g/mol. The van der Waals surface area contributed by atoms with E-state index in [9.17, 15) is 18.0 Å². The first-order valence-corrected chi connectivity index (χ1v) is 9.83. The van der Waals surface area contributed by atoms with Gasteiger partial charge in [-0.25, -0.2) is 22.8 Å². The van der Waals surface area contributed by atoms with E-state index >= 15 is 0 Å². The molecule has 0 fully saturated rings. The number of alkyl halides is 2. The summed E-state index contributed by atoms with van der Waals surface area (Å²) in [6.45, 7) is 0. The maximum absolute atomic E-state index is 14.6. The van der Waals surface area contributed by atoms with Crippen molar-refractivity contribution in [3.63, 3.8) is 0 Å². The Kier molecular flexibility index (Phi) is 6.18. The van der Waals surface area contributed by atoms with Crippen molar-refractivity contribution in [1.82, 2.24) is 14.8 Å². The smallest absolute Gasteiger partial charge is 0.281 e. The number of rotatable bonds is 6. The van der Waals surface area contributed by atoms with E-state index in [2.05, 4.69) is 15.4 Å². The number of nitrogen functional groups attached to an aromatic ring is 1. The van der Waals surface area contributed by atoms with E-state index in [1.807, 2.05) is 0 Å². The molecule has 33 heavy (non-hydrogen) atoms. The minimum Gasteiger partial charge on any atom is -0.453 e. The van der Waals surface area contributed by atoms with Crippen molar-refractivity contribution >= 4 is 29.0 Å². The summed E-state index contributed by atoms with van der Waals surface area (Å²) in [5.41, 5.74) is 5.07. The van der Waals surface area contributed by atoms with Crippen molar-refractivity contribution in [1.29, 1.82) is 0 Å². The first-order valence-electron chi connectivity index (χ1n) is 9.45. The molecular weight excluding hydrogens is 459 g/mol. The van der Waals surface area contributed by atoms with Crippen LogP contribution in [0.3, 0.4) is 0 Å². The summed E-state index contributed by atoms with van der Waals surface area (Å²) >= 11 is 5.99. The molecule has 0 saturated carbocycles.